The predicted molar refractivity (Wildman–Crippen MR) is 80.7 cm³/mol. The van der Waals surface area contributed by atoms with Crippen LogP contribution in [-0.2, 0) is 14.3 Å². The van der Waals surface area contributed by atoms with Crippen molar-refractivity contribution in [1.82, 2.24) is 10.2 Å². The van der Waals surface area contributed by atoms with Crippen LogP contribution >= 0.6 is 0 Å². The summed E-state index contributed by atoms with van der Waals surface area (Å²) in [7, 11) is 0. The van der Waals surface area contributed by atoms with E-state index in [1.54, 1.807) is 0 Å². The van der Waals surface area contributed by atoms with Crippen LogP contribution < -0.4 is 5.32 Å². The molecule has 0 saturated carbocycles. The number of nitrogens with one attached hydrogen (secondary N) is 1. The quantitative estimate of drug-likeness (QED) is 0.837. The van der Waals surface area contributed by atoms with Crippen molar-refractivity contribution >= 4 is 11.8 Å². The number of amides is 2. The van der Waals surface area contributed by atoms with Gasteiger partial charge in [0.25, 0.3) is 0 Å². The van der Waals surface area contributed by atoms with Gasteiger partial charge >= 0.3 is 0 Å². The first-order valence-electron chi connectivity index (χ1n) is 8.16. The van der Waals surface area contributed by atoms with E-state index in [1.165, 1.54) is 0 Å². The van der Waals surface area contributed by atoms with Crippen LogP contribution in [0.2, 0.25) is 0 Å². The Morgan fingerprint density at radius 1 is 1.33 bits per heavy atom. The lowest BCUT2D eigenvalue weighted by atomic mass is 9.83. The van der Waals surface area contributed by atoms with Gasteiger partial charge in [0.2, 0.25) is 11.8 Å². The predicted octanol–water partition coefficient (Wildman–Crippen LogP) is 1.56. The van der Waals surface area contributed by atoms with Crippen LogP contribution in [0, 0.1) is 11.8 Å². The topological polar surface area (TPSA) is 58.6 Å². The van der Waals surface area contributed by atoms with Gasteiger partial charge in [0.1, 0.15) is 11.6 Å². The zero-order chi connectivity index (χ0) is 15.6. The second kappa shape index (κ2) is 6.34. The van der Waals surface area contributed by atoms with Gasteiger partial charge in [-0.05, 0) is 25.2 Å². The minimum Gasteiger partial charge on any atom is -0.381 e. The van der Waals surface area contributed by atoms with Gasteiger partial charge in [-0.15, -0.1) is 0 Å². The fourth-order valence-electron chi connectivity index (χ4n) is 3.49. The molecule has 5 heteroatoms. The fourth-order valence-corrected chi connectivity index (χ4v) is 3.49. The van der Waals surface area contributed by atoms with Crippen LogP contribution in [0.3, 0.4) is 0 Å². The maximum absolute atomic E-state index is 12.9. The van der Waals surface area contributed by atoms with Crippen molar-refractivity contribution in [1.29, 1.82) is 0 Å². The molecule has 2 saturated heterocycles. The average Bonchev–Trinajstić information content (AvgIpc) is 2.96. The number of carbonyl (C=O) groups excluding carboxylic acids is 2. The number of piperazine rings is 1. The molecular formula is C16H28N2O3. The number of rotatable bonds is 5. The minimum atomic E-state index is -0.689. The Morgan fingerprint density at radius 2 is 2.00 bits per heavy atom. The molecule has 2 aliphatic heterocycles. The maximum atomic E-state index is 12.9. The highest BCUT2D eigenvalue weighted by molar-refractivity contribution is 5.99. The molecular weight excluding hydrogens is 268 g/mol. The van der Waals surface area contributed by atoms with Gasteiger partial charge < -0.3 is 15.0 Å². The molecule has 2 rings (SSSR count). The second-order valence-corrected chi connectivity index (χ2v) is 6.61. The van der Waals surface area contributed by atoms with Crippen LogP contribution in [0.1, 0.15) is 47.0 Å². The van der Waals surface area contributed by atoms with Gasteiger partial charge in [0, 0.05) is 19.1 Å². The smallest absolute Gasteiger partial charge is 0.246 e. The normalized spacial score (nSPS) is 29.1. The van der Waals surface area contributed by atoms with E-state index in [9.17, 15) is 9.59 Å². The molecule has 0 spiro atoms. The molecule has 1 N–H and O–H groups in total. The molecule has 2 unspecified atom stereocenters. The van der Waals surface area contributed by atoms with Crippen molar-refractivity contribution in [2.24, 2.45) is 11.8 Å². The highest BCUT2D eigenvalue weighted by atomic mass is 16.5. The Kier molecular flexibility index (Phi) is 4.91. The van der Waals surface area contributed by atoms with Gasteiger partial charge in [-0.25, -0.2) is 0 Å². The second-order valence-electron chi connectivity index (χ2n) is 6.61. The van der Waals surface area contributed by atoms with Gasteiger partial charge in [-0.2, -0.15) is 0 Å². The van der Waals surface area contributed by atoms with Gasteiger partial charge in [0.05, 0.1) is 6.61 Å². The van der Waals surface area contributed by atoms with E-state index in [4.69, 9.17) is 4.74 Å². The molecule has 2 fully saturated rings. The van der Waals surface area contributed by atoms with Gasteiger partial charge in [-0.3, -0.25) is 9.59 Å². The van der Waals surface area contributed by atoms with E-state index in [-0.39, 0.29) is 17.7 Å². The van der Waals surface area contributed by atoms with Gasteiger partial charge in [-0.1, -0.05) is 27.7 Å². The number of nitrogens with zero attached hydrogens (tertiary/aromatic N) is 1. The Balaban J connectivity index is 2.29. The van der Waals surface area contributed by atoms with Crippen molar-refractivity contribution in [3.8, 4) is 0 Å². The summed E-state index contributed by atoms with van der Waals surface area (Å²) in [5, 5.41) is 2.95. The molecule has 0 aromatic heterocycles. The van der Waals surface area contributed by atoms with Crippen molar-refractivity contribution in [2.45, 2.75) is 58.5 Å². The van der Waals surface area contributed by atoms with Crippen molar-refractivity contribution in [2.75, 3.05) is 19.8 Å². The number of ether oxygens (including phenoxy) is 1. The highest BCUT2D eigenvalue weighted by Gasteiger charge is 2.51. The molecule has 0 radical (unpaired) electrons. The lowest BCUT2D eigenvalue weighted by Crippen LogP contribution is -2.71. The van der Waals surface area contributed by atoms with Crippen LogP contribution in [0.4, 0.5) is 0 Å². The number of hydrogen-bond acceptors (Lipinski definition) is 3. The summed E-state index contributed by atoms with van der Waals surface area (Å²) in [5.41, 5.74) is -0.689. The van der Waals surface area contributed by atoms with E-state index < -0.39 is 11.6 Å². The van der Waals surface area contributed by atoms with E-state index in [2.05, 4.69) is 5.32 Å². The molecule has 2 heterocycles. The molecule has 120 valence electrons. The molecule has 0 aromatic carbocycles. The molecule has 0 aliphatic carbocycles. The summed E-state index contributed by atoms with van der Waals surface area (Å²) < 4.78 is 5.43. The zero-order valence-electron chi connectivity index (χ0n) is 13.6. The lowest BCUT2D eigenvalue weighted by Gasteiger charge is -2.49. The Morgan fingerprint density at radius 3 is 2.48 bits per heavy atom. The Bertz CT molecular complexity index is 398. The van der Waals surface area contributed by atoms with Crippen molar-refractivity contribution < 1.29 is 14.3 Å². The Labute approximate surface area is 127 Å². The molecule has 0 aromatic rings. The first kappa shape index (κ1) is 16.3. The summed E-state index contributed by atoms with van der Waals surface area (Å²) in [6, 6.07) is -0.397. The first-order chi connectivity index (χ1) is 9.96. The summed E-state index contributed by atoms with van der Waals surface area (Å²) >= 11 is 0. The van der Waals surface area contributed by atoms with E-state index in [0.29, 0.717) is 31.9 Å². The number of carbonyl (C=O) groups is 2. The third-order valence-corrected chi connectivity index (χ3v) is 5.06. The van der Waals surface area contributed by atoms with Crippen LogP contribution in [0.15, 0.2) is 0 Å². The number of hydrogen-bond donors (Lipinski definition) is 1. The van der Waals surface area contributed by atoms with Crippen LogP contribution in [0.5, 0.6) is 0 Å². The molecule has 2 aliphatic rings. The molecule has 0 bridgehead atoms. The molecule has 2 atom stereocenters. The largest absolute Gasteiger partial charge is 0.381 e. The van der Waals surface area contributed by atoms with Crippen molar-refractivity contribution in [3.63, 3.8) is 0 Å². The van der Waals surface area contributed by atoms with Crippen LogP contribution in [0.25, 0.3) is 0 Å². The maximum Gasteiger partial charge on any atom is 0.246 e. The SMILES string of the molecule is CCC1(CC)C(=O)NC(C(C)C)C(=O)N1CC1CCOC1. The van der Waals surface area contributed by atoms with Crippen molar-refractivity contribution in [3.05, 3.63) is 0 Å². The fraction of sp³-hybridized carbons (Fsp3) is 0.875. The summed E-state index contributed by atoms with van der Waals surface area (Å²) in [4.78, 5) is 27.4. The van der Waals surface area contributed by atoms with E-state index in [1.807, 2.05) is 32.6 Å². The van der Waals surface area contributed by atoms with E-state index >= 15 is 0 Å². The summed E-state index contributed by atoms with van der Waals surface area (Å²) in [5.74, 6) is 0.533. The van der Waals surface area contributed by atoms with Crippen LogP contribution in [-0.4, -0.2) is 48.1 Å². The molecule has 5 nitrogen and oxygen atoms in total. The lowest BCUT2D eigenvalue weighted by molar-refractivity contribution is -0.160. The summed E-state index contributed by atoms with van der Waals surface area (Å²) in [6.07, 6.45) is 2.28. The first-order valence-corrected chi connectivity index (χ1v) is 8.16. The standard InChI is InChI=1S/C16H28N2O3/c1-5-16(6-2)15(20)17-13(11(3)4)14(19)18(16)9-12-7-8-21-10-12/h11-13H,5-10H2,1-4H3,(H,17,20). The third kappa shape index (κ3) is 2.80. The van der Waals surface area contributed by atoms with E-state index in [0.717, 1.165) is 13.0 Å². The molecule has 21 heavy (non-hydrogen) atoms. The Hall–Kier alpha value is -1.10. The molecule has 2 amide bonds. The highest BCUT2D eigenvalue weighted by Crippen LogP contribution is 2.32. The third-order valence-electron chi connectivity index (χ3n) is 5.06. The average molecular weight is 296 g/mol. The minimum absolute atomic E-state index is 0.00437. The zero-order valence-corrected chi connectivity index (χ0v) is 13.6. The monoisotopic (exact) mass is 296 g/mol. The summed E-state index contributed by atoms with van der Waals surface area (Å²) in [6.45, 7) is 10.0. The van der Waals surface area contributed by atoms with Gasteiger partial charge in [0.15, 0.2) is 0 Å².